The molecule has 25 heavy (non-hydrogen) atoms. The Morgan fingerprint density at radius 3 is 2.92 bits per heavy atom. The molecule has 1 aromatic heterocycles. The molecular formula is C20H17NO4. The minimum atomic E-state index is 0.252. The van der Waals surface area contributed by atoms with Crippen molar-refractivity contribution in [2.24, 2.45) is 0 Å². The van der Waals surface area contributed by atoms with Crippen molar-refractivity contribution in [3.63, 3.8) is 0 Å². The lowest BCUT2D eigenvalue weighted by Gasteiger charge is -2.17. The maximum absolute atomic E-state index is 5.86. The fraction of sp³-hybridized carbons (Fsp3) is 0.150. The first-order valence-electron chi connectivity index (χ1n) is 7.94. The van der Waals surface area contributed by atoms with Gasteiger partial charge in [-0.1, -0.05) is 6.08 Å². The molecule has 0 radical (unpaired) electrons. The van der Waals surface area contributed by atoms with E-state index in [1.54, 1.807) is 13.3 Å². The molecule has 126 valence electrons. The van der Waals surface area contributed by atoms with Gasteiger partial charge in [0.25, 0.3) is 0 Å². The van der Waals surface area contributed by atoms with Crippen molar-refractivity contribution in [1.82, 2.24) is 4.98 Å². The van der Waals surface area contributed by atoms with Crippen LogP contribution < -0.4 is 18.9 Å². The highest BCUT2D eigenvalue weighted by atomic mass is 16.7. The standard InChI is InChI=1S/C20H17NO4/c1-22-19-9-15-6-7-21-12-16(15)10-20(19)23-8-2-3-14-4-5-17-11-18(14)25-13-24-17/h2-7,9-12H,8,13H2,1H3/b3-2+. The highest BCUT2D eigenvalue weighted by Gasteiger charge is 2.09. The third-order valence-corrected chi connectivity index (χ3v) is 3.98. The molecular weight excluding hydrogens is 318 g/mol. The van der Waals surface area contributed by atoms with Gasteiger partial charge in [0.1, 0.15) is 18.1 Å². The SMILES string of the molecule is COc1cc2ccncc2cc1OC/C=C/c1ccc2cc1OCO2. The number of benzene rings is 2. The second-order valence-electron chi connectivity index (χ2n) is 5.55. The van der Waals surface area contributed by atoms with E-state index in [0.717, 1.165) is 27.8 Å². The maximum Gasteiger partial charge on any atom is 0.230 e. The molecule has 4 rings (SSSR count). The Hall–Kier alpha value is -3.21. The number of nitrogens with zero attached hydrogens (tertiary/aromatic N) is 1. The van der Waals surface area contributed by atoms with Crippen molar-refractivity contribution in [1.29, 1.82) is 0 Å². The quantitative estimate of drug-likeness (QED) is 0.703. The van der Waals surface area contributed by atoms with Crippen LogP contribution in [0, 0.1) is 0 Å². The fourth-order valence-electron chi connectivity index (χ4n) is 2.71. The zero-order valence-electron chi connectivity index (χ0n) is 13.8. The van der Waals surface area contributed by atoms with E-state index in [1.807, 2.05) is 54.7 Å². The molecule has 1 aliphatic rings. The molecule has 0 unspecified atom stereocenters. The molecule has 0 amide bonds. The van der Waals surface area contributed by atoms with E-state index in [2.05, 4.69) is 4.98 Å². The molecule has 5 heteroatoms. The number of methoxy groups -OCH3 is 1. The van der Waals surface area contributed by atoms with Gasteiger partial charge >= 0.3 is 0 Å². The molecule has 1 aliphatic heterocycles. The molecule has 0 aliphatic carbocycles. The van der Waals surface area contributed by atoms with Crippen LogP contribution in [0.15, 0.2) is 54.9 Å². The second kappa shape index (κ2) is 6.73. The molecule has 0 atom stereocenters. The summed E-state index contributed by atoms with van der Waals surface area (Å²) in [4.78, 5) is 4.14. The summed E-state index contributed by atoms with van der Waals surface area (Å²) < 4.78 is 22.1. The van der Waals surface area contributed by atoms with Gasteiger partial charge in [0, 0.05) is 29.4 Å². The van der Waals surface area contributed by atoms with E-state index < -0.39 is 0 Å². The van der Waals surface area contributed by atoms with Gasteiger partial charge in [-0.25, -0.2) is 0 Å². The Morgan fingerprint density at radius 1 is 1.08 bits per heavy atom. The van der Waals surface area contributed by atoms with Crippen LogP contribution in [0.2, 0.25) is 0 Å². The van der Waals surface area contributed by atoms with E-state index in [1.165, 1.54) is 0 Å². The average molecular weight is 335 g/mol. The smallest absolute Gasteiger partial charge is 0.230 e. The molecule has 0 spiro atoms. The Labute approximate surface area is 145 Å². The maximum atomic E-state index is 5.86. The minimum absolute atomic E-state index is 0.252. The highest BCUT2D eigenvalue weighted by Crippen LogP contribution is 2.32. The van der Waals surface area contributed by atoms with Gasteiger partial charge in [-0.15, -0.1) is 0 Å². The third-order valence-electron chi connectivity index (χ3n) is 3.98. The third kappa shape index (κ3) is 3.21. The van der Waals surface area contributed by atoms with Crippen LogP contribution in [-0.2, 0) is 0 Å². The topological polar surface area (TPSA) is 49.8 Å². The molecule has 0 fully saturated rings. The van der Waals surface area contributed by atoms with Gasteiger partial charge in [-0.05, 0) is 41.8 Å². The Bertz CT molecular complexity index is 936. The summed E-state index contributed by atoms with van der Waals surface area (Å²) in [6.07, 6.45) is 7.48. The molecule has 0 N–H and O–H groups in total. The first-order chi connectivity index (χ1) is 12.3. The van der Waals surface area contributed by atoms with Gasteiger partial charge < -0.3 is 18.9 Å². The van der Waals surface area contributed by atoms with Crippen molar-refractivity contribution in [3.05, 3.63) is 60.4 Å². The fourth-order valence-corrected chi connectivity index (χ4v) is 2.71. The summed E-state index contributed by atoms with van der Waals surface area (Å²) in [7, 11) is 1.64. The number of hydrogen-bond donors (Lipinski definition) is 0. The predicted molar refractivity (Wildman–Crippen MR) is 95.4 cm³/mol. The van der Waals surface area contributed by atoms with Gasteiger partial charge in [0.15, 0.2) is 11.5 Å². The summed E-state index contributed by atoms with van der Waals surface area (Å²) in [6.45, 7) is 0.668. The molecule has 2 heterocycles. The molecule has 2 bridgehead atoms. The van der Waals surface area contributed by atoms with Crippen molar-refractivity contribution in [2.45, 2.75) is 0 Å². The average Bonchev–Trinajstić information content (AvgIpc) is 2.66. The van der Waals surface area contributed by atoms with E-state index in [-0.39, 0.29) is 6.79 Å². The summed E-state index contributed by atoms with van der Waals surface area (Å²) in [5.41, 5.74) is 0.991. The molecule has 5 nitrogen and oxygen atoms in total. The van der Waals surface area contributed by atoms with Crippen LogP contribution >= 0.6 is 0 Å². The number of ether oxygens (including phenoxy) is 4. The van der Waals surface area contributed by atoms with Crippen LogP contribution in [0.25, 0.3) is 16.8 Å². The van der Waals surface area contributed by atoms with Gasteiger partial charge in [0.05, 0.1) is 7.11 Å². The summed E-state index contributed by atoms with van der Waals surface area (Å²) >= 11 is 0. The largest absolute Gasteiger partial charge is 0.493 e. The Morgan fingerprint density at radius 2 is 2.00 bits per heavy atom. The Balaban J connectivity index is 1.49. The van der Waals surface area contributed by atoms with Crippen LogP contribution in [0.5, 0.6) is 23.0 Å². The van der Waals surface area contributed by atoms with Gasteiger partial charge in [0.2, 0.25) is 6.79 Å². The number of hydrogen-bond acceptors (Lipinski definition) is 5. The normalized spacial score (nSPS) is 12.7. The first-order valence-corrected chi connectivity index (χ1v) is 7.94. The summed E-state index contributed by atoms with van der Waals surface area (Å²) in [5, 5.41) is 2.07. The van der Waals surface area contributed by atoms with Crippen molar-refractivity contribution in [2.75, 3.05) is 20.5 Å². The summed E-state index contributed by atoms with van der Waals surface area (Å²) in [5.74, 6) is 3.03. The van der Waals surface area contributed by atoms with E-state index >= 15 is 0 Å². The monoisotopic (exact) mass is 335 g/mol. The van der Waals surface area contributed by atoms with E-state index in [4.69, 9.17) is 18.9 Å². The zero-order chi connectivity index (χ0) is 17.1. The minimum Gasteiger partial charge on any atom is -0.493 e. The second-order valence-corrected chi connectivity index (χ2v) is 5.55. The lowest BCUT2D eigenvalue weighted by atomic mass is 10.1. The van der Waals surface area contributed by atoms with Crippen molar-refractivity contribution >= 4 is 16.8 Å². The summed E-state index contributed by atoms with van der Waals surface area (Å²) in [6, 6.07) is 11.6. The Kier molecular flexibility index (Phi) is 4.12. The van der Waals surface area contributed by atoms with Crippen LogP contribution in [0.4, 0.5) is 0 Å². The molecule has 0 saturated carbocycles. The van der Waals surface area contributed by atoms with Crippen LogP contribution in [0.1, 0.15) is 5.56 Å². The number of pyridine rings is 1. The molecule has 3 aromatic rings. The molecule has 2 aromatic carbocycles. The number of fused-ring (bicyclic) bond motifs is 3. The van der Waals surface area contributed by atoms with Crippen LogP contribution in [0.3, 0.4) is 0 Å². The lowest BCUT2D eigenvalue weighted by molar-refractivity contribution is 0.105. The zero-order valence-corrected chi connectivity index (χ0v) is 13.8. The van der Waals surface area contributed by atoms with Crippen LogP contribution in [-0.4, -0.2) is 25.5 Å². The van der Waals surface area contributed by atoms with Gasteiger partial charge in [-0.2, -0.15) is 0 Å². The van der Waals surface area contributed by atoms with Gasteiger partial charge in [-0.3, -0.25) is 4.98 Å². The molecule has 0 saturated heterocycles. The predicted octanol–water partition coefficient (Wildman–Crippen LogP) is 4.06. The van der Waals surface area contributed by atoms with Crippen molar-refractivity contribution in [3.8, 4) is 23.0 Å². The number of rotatable bonds is 5. The van der Waals surface area contributed by atoms with Crippen molar-refractivity contribution < 1.29 is 18.9 Å². The first kappa shape index (κ1) is 15.3. The lowest BCUT2D eigenvalue weighted by Crippen LogP contribution is -2.10. The van der Waals surface area contributed by atoms with E-state index in [0.29, 0.717) is 18.1 Å². The highest BCUT2D eigenvalue weighted by molar-refractivity contribution is 5.85. The number of aromatic nitrogens is 1. The van der Waals surface area contributed by atoms with E-state index in [9.17, 15) is 0 Å².